The summed E-state index contributed by atoms with van der Waals surface area (Å²) in [7, 11) is -0.0930. The van der Waals surface area contributed by atoms with Crippen LogP contribution < -0.4 is 0 Å². The van der Waals surface area contributed by atoms with Crippen molar-refractivity contribution in [2.75, 3.05) is 0 Å². The van der Waals surface area contributed by atoms with Crippen molar-refractivity contribution in [3.05, 3.63) is 0 Å². The van der Waals surface area contributed by atoms with E-state index in [4.69, 9.17) is 4.79 Å². The summed E-state index contributed by atoms with van der Waals surface area (Å²) in [5.41, 5.74) is 7.36. The van der Waals surface area contributed by atoms with E-state index >= 15 is 0 Å². The molecular formula is C37H68ClOP2Rh+. The van der Waals surface area contributed by atoms with E-state index < -0.39 is 0 Å². The fourth-order valence-electron chi connectivity index (χ4n) is 10.6. The molecule has 0 atom stereocenters. The molecule has 42 heavy (non-hydrogen) atoms. The molecule has 0 aromatic heterocycles. The molecule has 6 rings (SSSR count). The van der Waals surface area contributed by atoms with Gasteiger partial charge in [0.25, 0.3) is 0 Å². The summed E-state index contributed by atoms with van der Waals surface area (Å²) in [5.74, 6) is 0.972. The molecule has 0 unspecified atom stereocenters. The van der Waals surface area contributed by atoms with Gasteiger partial charge in [0.1, 0.15) is 0 Å². The van der Waals surface area contributed by atoms with Gasteiger partial charge < -0.3 is 16.4 Å². The quantitative estimate of drug-likeness (QED) is 0.115. The third kappa shape index (κ3) is 12.6. The van der Waals surface area contributed by atoms with Gasteiger partial charge >= 0.3 is 0 Å². The van der Waals surface area contributed by atoms with Gasteiger partial charge in [-0.25, -0.2) is 0 Å². The molecule has 6 aliphatic carbocycles. The summed E-state index contributed by atoms with van der Waals surface area (Å²) in [6.07, 6.45) is 47.6. The van der Waals surface area contributed by atoms with Crippen molar-refractivity contribution < 1.29 is 24.3 Å². The molecular weight excluding hydrogens is 661 g/mol. The van der Waals surface area contributed by atoms with Gasteiger partial charge in [-0.3, -0.25) is 0 Å². The van der Waals surface area contributed by atoms with E-state index in [0.717, 1.165) is 5.75 Å². The Morgan fingerprint density at radius 3 is 0.571 bits per heavy atom. The van der Waals surface area contributed by atoms with Gasteiger partial charge in [0.15, 0.2) is 0 Å². The maximum Gasteiger partial charge on any atom is 0.0680 e. The van der Waals surface area contributed by atoms with Crippen LogP contribution >= 0.6 is 27.4 Å². The average molecular weight is 729 g/mol. The van der Waals surface area contributed by atoms with E-state index in [9.17, 15) is 0 Å². The summed E-state index contributed by atoms with van der Waals surface area (Å²) >= 11 is 4.19. The van der Waals surface area contributed by atoms with Crippen LogP contribution in [-0.4, -0.2) is 39.7 Å². The fourth-order valence-corrected chi connectivity index (χ4v) is 21.1. The third-order valence-corrected chi connectivity index (χ3v) is 21.6. The first kappa shape index (κ1) is 37.9. The predicted molar refractivity (Wildman–Crippen MR) is 189 cm³/mol. The number of carbonyl (C=O) groups excluding carboxylic acids is 1. The van der Waals surface area contributed by atoms with E-state index in [-0.39, 0.29) is 35.3 Å². The summed E-state index contributed by atoms with van der Waals surface area (Å²) in [5, 5.41) is 0. The maximum atomic E-state index is 8.45. The topological polar surface area (TPSA) is 17.1 Å². The summed E-state index contributed by atoms with van der Waals surface area (Å²) < 4.78 is 0. The van der Waals surface area contributed by atoms with Crippen molar-refractivity contribution in [2.24, 2.45) is 0 Å². The number of halogens is 1. The Kier molecular flexibility index (Phi) is 20.6. The molecule has 0 spiro atoms. The Morgan fingerprint density at radius 2 is 0.452 bits per heavy atom. The van der Waals surface area contributed by atoms with Crippen LogP contribution in [0.25, 0.3) is 0 Å². The molecule has 0 N–H and O–H groups in total. The minimum absolute atomic E-state index is 0. The van der Waals surface area contributed by atoms with Gasteiger partial charge in [0, 0.05) is 35.3 Å². The molecule has 0 heterocycles. The van der Waals surface area contributed by atoms with Crippen molar-refractivity contribution in [1.29, 1.82) is 0 Å². The Balaban J connectivity index is 0.000000207. The van der Waals surface area contributed by atoms with Gasteiger partial charge in [-0.15, -0.1) is 0 Å². The molecule has 0 aromatic rings. The zero-order valence-corrected chi connectivity index (χ0v) is 31.7. The van der Waals surface area contributed by atoms with Crippen LogP contribution in [0.4, 0.5) is 0 Å². The van der Waals surface area contributed by atoms with Crippen molar-refractivity contribution in [1.82, 2.24) is 0 Å². The largest absolute Gasteiger partial charge is 0.525 e. The van der Waals surface area contributed by atoms with Crippen molar-refractivity contribution >= 4 is 33.2 Å². The van der Waals surface area contributed by atoms with Crippen molar-refractivity contribution in [2.45, 2.75) is 227 Å². The first-order chi connectivity index (χ1) is 20.3. The van der Waals surface area contributed by atoms with Crippen LogP contribution in [0.3, 0.4) is 0 Å². The predicted octanol–water partition coefficient (Wildman–Crippen LogP) is 12.7. The number of rotatable bonds is 6. The smallest absolute Gasteiger partial charge is 0.0680 e. The molecule has 0 aliphatic heterocycles. The first-order valence-electron chi connectivity index (χ1n) is 19.0. The molecule has 6 aliphatic rings. The Bertz CT molecular complexity index is 519. The van der Waals surface area contributed by atoms with Crippen LogP contribution in [0.15, 0.2) is 0 Å². The maximum absolute atomic E-state index is 8.45. The summed E-state index contributed by atoms with van der Waals surface area (Å²) in [4.78, 5) is 8.45. The molecule has 0 saturated heterocycles. The molecule has 6 fully saturated rings. The molecule has 5 heteroatoms. The van der Waals surface area contributed by atoms with Crippen LogP contribution in [0.2, 0.25) is 0 Å². The first-order valence-corrected chi connectivity index (χ1v) is 22.9. The van der Waals surface area contributed by atoms with Crippen LogP contribution in [-0.2, 0) is 24.3 Å². The second kappa shape index (κ2) is 22.9. The monoisotopic (exact) mass is 728 g/mol. The SMILES string of the molecule is C1CCC([PH+](C2CCCCC2)C2CCCCC2)CC1.C1CCC([PH+](C2CCCCC2)C2CCCCC2)CC1.O=[C-]Cl.[Rh]. The Hall–Kier alpha value is 1.44. The van der Waals surface area contributed by atoms with Crippen LogP contribution in [0.5, 0.6) is 0 Å². The second-order valence-corrected chi connectivity index (χ2v) is 22.1. The molecule has 247 valence electrons. The zero-order valence-electron chi connectivity index (χ0n) is 27.3. The van der Waals surface area contributed by atoms with Gasteiger partial charge in [0.2, 0.25) is 0 Å². The summed E-state index contributed by atoms with van der Waals surface area (Å²) in [6, 6.07) is 0. The third-order valence-electron chi connectivity index (χ3n) is 12.5. The van der Waals surface area contributed by atoms with Gasteiger partial charge in [-0.1, -0.05) is 38.5 Å². The van der Waals surface area contributed by atoms with E-state index in [2.05, 4.69) is 11.6 Å². The van der Waals surface area contributed by atoms with Crippen molar-refractivity contribution in [3.8, 4) is 0 Å². The molecule has 0 aromatic carbocycles. The van der Waals surface area contributed by atoms with E-state index in [1.54, 1.807) is 193 Å². The fraction of sp³-hybridized carbons (Fsp3) is 0.973. The average Bonchev–Trinajstić information content (AvgIpc) is 3.05. The standard InChI is InChI=1S/2C18H33P.CClO.Rh/c2*1-4-10-16(11-5-1)19(17-12-6-2-7-13-17)18-14-8-3-9-15-18;2-1-3;/h2*16-18H,1-15H2;;/q;;-1;/p+2. The van der Waals surface area contributed by atoms with E-state index in [1.165, 1.54) is 34.0 Å². The summed E-state index contributed by atoms with van der Waals surface area (Å²) in [6.45, 7) is 0. The zero-order chi connectivity index (χ0) is 28.5. The number of hydrogen-bond acceptors (Lipinski definition) is 1. The molecule has 1 radical (unpaired) electrons. The van der Waals surface area contributed by atoms with Gasteiger partial charge in [0.05, 0.1) is 34.0 Å². The minimum atomic E-state index is -0.0465. The molecule has 0 bridgehead atoms. The van der Waals surface area contributed by atoms with E-state index in [0.29, 0.717) is 0 Å². The van der Waals surface area contributed by atoms with Crippen molar-refractivity contribution in [3.63, 3.8) is 0 Å². The van der Waals surface area contributed by atoms with Gasteiger partial charge in [-0.05, 0) is 154 Å². The van der Waals surface area contributed by atoms with E-state index in [1.807, 2.05) is 0 Å². The molecule has 6 saturated carbocycles. The molecule has 0 amide bonds. The Morgan fingerprint density at radius 1 is 0.333 bits per heavy atom. The van der Waals surface area contributed by atoms with Crippen LogP contribution in [0.1, 0.15) is 193 Å². The number of hydrogen-bond donors (Lipinski definition) is 0. The second-order valence-electron chi connectivity index (χ2n) is 15.1. The Labute approximate surface area is 282 Å². The normalized spacial score (nSPS) is 26.5. The minimum Gasteiger partial charge on any atom is -0.525 e. The molecule has 1 nitrogen and oxygen atoms in total. The van der Waals surface area contributed by atoms with Crippen LogP contribution in [0, 0.1) is 0 Å². The van der Waals surface area contributed by atoms with Gasteiger partial charge in [-0.2, -0.15) is 5.75 Å².